The van der Waals surface area contributed by atoms with Gasteiger partial charge in [-0.25, -0.2) is 4.79 Å². The molecule has 8 nitrogen and oxygen atoms in total. The Balaban J connectivity index is 1.37. The molecule has 2 heterocycles. The molecule has 3 aromatic rings. The van der Waals surface area contributed by atoms with E-state index in [1.165, 1.54) is 18.4 Å². The SMILES string of the molecule is COc1ccc(NC(=O)Oc2ccc(-c3ccccc3)s2)cc1NC(=O)CN1CCOCC1. The first-order chi connectivity index (χ1) is 16.1. The highest BCUT2D eigenvalue weighted by Gasteiger charge is 2.16. The van der Waals surface area contributed by atoms with Crippen molar-refractivity contribution in [2.45, 2.75) is 0 Å². The number of hydrogen-bond acceptors (Lipinski definition) is 7. The van der Waals surface area contributed by atoms with E-state index in [9.17, 15) is 9.59 Å². The second-order valence-electron chi connectivity index (χ2n) is 7.35. The number of carbonyl (C=O) groups excluding carboxylic acids is 2. The number of morpholine rings is 1. The van der Waals surface area contributed by atoms with Gasteiger partial charge >= 0.3 is 6.09 Å². The highest BCUT2D eigenvalue weighted by Crippen LogP contribution is 2.33. The molecule has 33 heavy (non-hydrogen) atoms. The van der Waals surface area contributed by atoms with E-state index in [0.717, 1.165) is 10.4 Å². The van der Waals surface area contributed by atoms with Crippen LogP contribution in [-0.2, 0) is 9.53 Å². The zero-order chi connectivity index (χ0) is 23.0. The fraction of sp³-hybridized carbons (Fsp3) is 0.250. The van der Waals surface area contributed by atoms with Crippen molar-refractivity contribution in [3.05, 3.63) is 60.7 Å². The molecule has 0 bridgehead atoms. The van der Waals surface area contributed by atoms with Gasteiger partial charge in [0, 0.05) is 23.7 Å². The number of nitrogens with one attached hydrogen (secondary N) is 2. The molecule has 4 rings (SSSR count). The molecule has 1 aromatic heterocycles. The van der Waals surface area contributed by atoms with Crippen LogP contribution in [0, 0.1) is 0 Å². The summed E-state index contributed by atoms with van der Waals surface area (Å²) < 4.78 is 16.1. The molecular weight excluding hydrogens is 442 g/mol. The lowest BCUT2D eigenvalue weighted by atomic mass is 10.2. The third-order valence-electron chi connectivity index (χ3n) is 5.02. The highest BCUT2D eigenvalue weighted by atomic mass is 32.1. The van der Waals surface area contributed by atoms with Gasteiger partial charge < -0.3 is 19.5 Å². The smallest absolute Gasteiger partial charge is 0.417 e. The molecule has 1 aliphatic heterocycles. The van der Waals surface area contributed by atoms with Crippen LogP contribution in [0.2, 0.25) is 0 Å². The molecule has 0 unspecified atom stereocenters. The number of nitrogens with zero attached hydrogens (tertiary/aromatic N) is 1. The summed E-state index contributed by atoms with van der Waals surface area (Å²) in [5.74, 6) is 0.331. The Morgan fingerprint density at radius 2 is 1.82 bits per heavy atom. The second-order valence-corrected chi connectivity index (χ2v) is 8.40. The molecule has 9 heteroatoms. The Kier molecular flexibility index (Phi) is 7.56. The number of benzene rings is 2. The van der Waals surface area contributed by atoms with Crippen molar-refractivity contribution in [2.75, 3.05) is 50.6 Å². The Bertz CT molecular complexity index is 1100. The van der Waals surface area contributed by atoms with Gasteiger partial charge in [-0.3, -0.25) is 15.0 Å². The Labute approximate surface area is 196 Å². The maximum atomic E-state index is 12.5. The van der Waals surface area contributed by atoms with Crippen LogP contribution >= 0.6 is 11.3 Å². The zero-order valence-electron chi connectivity index (χ0n) is 18.2. The molecule has 0 atom stereocenters. The van der Waals surface area contributed by atoms with E-state index in [1.807, 2.05) is 41.3 Å². The average molecular weight is 468 g/mol. The van der Waals surface area contributed by atoms with Gasteiger partial charge in [-0.1, -0.05) is 41.7 Å². The normalized spacial score (nSPS) is 13.8. The number of carbonyl (C=O) groups is 2. The Morgan fingerprint density at radius 1 is 1.03 bits per heavy atom. The van der Waals surface area contributed by atoms with Crippen molar-refractivity contribution in [1.82, 2.24) is 4.90 Å². The van der Waals surface area contributed by atoms with Crippen molar-refractivity contribution in [1.29, 1.82) is 0 Å². The fourth-order valence-corrected chi connectivity index (χ4v) is 4.26. The molecule has 2 aromatic carbocycles. The lowest BCUT2D eigenvalue weighted by molar-refractivity contribution is -0.118. The van der Waals surface area contributed by atoms with Gasteiger partial charge in [0.2, 0.25) is 5.91 Å². The summed E-state index contributed by atoms with van der Waals surface area (Å²) in [6, 6.07) is 18.6. The first kappa shape index (κ1) is 22.8. The molecule has 0 saturated carbocycles. The summed E-state index contributed by atoms with van der Waals surface area (Å²) in [5, 5.41) is 6.04. The van der Waals surface area contributed by atoms with Crippen LogP contribution in [0.5, 0.6) is 10.8 Å². The molecule has 0 radical (unpaired) electrons. The minimum absolute atomic E-state index is 0.165. The Hall–Kier alpha value is -3.40. The summed E-state index contributed by atoms with van der Waals surface area (Å²) in [6.07, 6.45) is -0.618. The fourth-order valence-electron chi connectivity index (χ4n) is 3.40. The molecule has 1 fully saturated rings. The monoisotopic (exact) mass is 467 g/mol. The van der Waals surface area contributed by atoms with Gasteiger partial charge in [0.1, 0.15) is 5.75 Å². The lowest BCUT2D eigenvalue weighted by Crippen LogP contribution is -2.41. The quantitative estimate of drug-likeness (QED) is 0.539. The molecule has 1 saturated heterocycles. The van der Waals surface area contributed by atoms with Gasteiger partial charge in [0.15, 0.2) is 5.06 Å². The number of ether oxygens (including phenoxy) is 3. The topological polar surface area (TPSA) is 89.1 Å². The number of amides is 2. The lowest BCUT2D eigenvalue weighted by Gasteiger charge is -2.26. The van der Waals surface area contributed by atoms with Gasteiger partial charge in [-0.05, 0) is 35.9 Å². The Morgan fingerprint density at radius 3 is 2.58 bits per heavy atom. The van der Waals surface area contributed by atoms with E-state index < -0.39 is 6.09 Å². The van der Waals surface area contributed by atoms with Crippen molar-refractivity contribution >= 4 is 34.7 Å². The summed E-state index contributed by atoms with van der Waals surface area (Å²) >= 11 is 1.39. The van der Waals surface area contributed by atoms with Crippen molar-refractivity contribution < 1.29 is 23.8 Å². The molecular formula is C24H25N3O5S. The van der Waals surface area contributed by atoms with Crippen LogP contribution in [0.4, 0.5) is 16.2 Å². The van der Waals surface area contributed by atoms with E-state index in [0.29, 0.717) is 48.5 Å². The molecule has 2 amide bonds. The predicted octanol–water partition coefficient (Wildman–Crippen LogP) is 4.31. The standard InChI is InChI=1S/C24H25N3O5S/c1-30-20-8-7-18(15-19(20)26-22(28)16-27-11-13-31-14-12-27)25-24(29)32-23-10-9-21(33-23)17-5-3-2-4-6-17/h2-10,15H,11-14,16H2,1H3,(H,25,29)(H,26,28). The zero-order valence-corrected chi connectivity index (χ0v) is 19.0. The molecule has 0 aliphatic carbocycles. The minimum Gasteiger partial charge on any atom is -0.495 e. The molecule has 0 spiro atoms. The van der Waals surface area contributed by atoms with Gasteiger partial charge in [-0.15, -0.1) is 0 Å². The third kappa shape index (κ3) is 6.32. The van der Waals surface area contributed by atoms with Gasteiger partial charge in [0.25, 0.3) is 0 Å². The van der Waals surface area contributed by atoms with Crippen molar-refractivity contribution in [3.8, 4) is 21.3 Å². The van der Waals surface area contributed by atoms with E-state index in [-0.39, 0.29) is 12.5 Å². The molecule has 1 aliphatic rings. The third-order valence-corrected chi connectivity index (χ3v) is 6.04. The average Bonchev–Trinajstić information content (AvgIpc) is 3.29. The summed E-state index contributed by atoms with van der Waals surface area (Å²) in [7, 11) is 1.52. The van der Waals surface area contributed by atoms with Crippen LogP contribution in [0.25, 0.3) is 10.4 Å². The van der Waals surface area contributed by atoms with E-state index >= 15 is 0 Å². The van der Waals surface area contributed by atoms with E-state index in [2.05, 4.69) is 10.6 Å². The first-order valence-corrected chi connectivity index (χ1v) is 11.3. The highest BCUT2D eigenvalue weighted by molar-refractivity contribution is 7.17. The first-order valence-electron chi connectivity index (χ1n) is 10.5. The number of methoxy groups -OCH3 is 1. The van der Waals surface area contributed by atoms with Crippen LogP contribution in [-0.4, -0.2) is 56.9 Å². The van der Waals surface area contributed by atoms with Crippen LogP contribution in [0.15, 0.2) is 60.7 Å². The van der Waals surface area contributed by atoms with Gasteiger partial charge in [0.05, 0.1) is 32.6 Å². The summed E-state index contributed by atoms with van der Waals surface area (Å²) in [5.41, 5.74) is 2.00. The number of thiophene rings is 1. The van der Waals surface area contributed by atoms with E-state index in [4.69, 9.17) is 14.2 Å². The van der Waals surface area contributed by atoms with Crippen molar-refractivity contribution in [3.63, 3.8) is 0 Å². The molecule has 172 valence electrons. The maximum absolute atomic E-state index is 12.5. The summed E-state index contributed by atoms with van der Waals surface area (Å²) in [6.45, 7) is 2.93. The van der Waals surface area contributed by atoms with Crippen LogP contribution in [0.1, 0.15) is 0 Å². The van der Waals surface area contributed by atoms with Crippen molar-refractivity contribution in [2.24, 2.45) is 0 Å². The summed E-state index contributed by atoms with van der Waals surface area (Å²) in [4.78, 5) is 27.9. The number of rotatable bonds is 7. The minimum atomic E-state index is -0.618. The van der Waals surface area contributed by atoms with E-state index in [1.54, 1.807) is 24.3 Å². The number of anilines is 2. The van der Waals surface area contributed by atoms with Crippen LogP contribution < -0.4 is 20.1 Å². The van der Waals surface area contributed by atoms with Gasteiger partial charge in [-0.2, -0.15) is 0 Å². The molecule has 2 N–H and O–H groups in total. The number of hydrogen-bond donors (Lipinski definition) is 2. The second kappa shape index (κ2) is 11.0. The predicted molar refractivity (Wildman–Crippen MR) is 128 cm³/mol. The van der Waals surface area contributed by atoms with Crippen LogP contribution in [0.3, 0.4) is 0 Å². The maximum Gasteiger partial charge on any atom is 0.417 e. The largest absolute Gasteiger partial charge is 0.495 e.